The van der Waals surface area contributed by atoms with Gasteiger partial charge >= 0.3 is 0 Å². The summed E-state index contributed by atoms with van der Waals surface area (Å²) >= 11 is 5.73. The first-order valence-corrected chi connectivity index (χ1v) is 9.21. The summed E-state index contributed by atoms with van der Waals surface area (Å²) in [5, 5.41) is 2.78. The van der Waals surface area contributed by atoms with Crippen molar-refractivity contribution in [3.05, 3.63) is 64.9 Å². The Morgan fingerprint density at radius 1 is 1.04 bits per heavy atom. The molecule has 0 radical (unpaired) electrons. The van der Waals surface area contributed by atoms with Crippen molar-refractivity contribution in [2.45, 2.75) is 13.0 Å². The van der Waals surface area contributed by atoms with Crippen LogP contribution in [0.4, 0.5) is 10.1 Å². The summed E-state index contributed by atoms with van der Waals surface area (Å²) < 4.78 is 13.1. The van der Waals surface area contributed by atoms with Gasteiger partial charge in [-0.15, -0.1) is 0 Å². The minimum atomic E-state index is -0.488. The van der Waals surface area contributed by atoms with Gasteiger partial charge in [-0.3, -0.25) is 9.69 Å². The standard InChI is InChI=1S/C20H23ClFN3O/c21-18-14-17(6-7-19(18)22)23-20(26)8-9-24-10-12-25(13-11-24)15-16-4-2-1-3-5-16/h1-7,14H,8-13,15H2,(H,23,26). The Labute approximate surface area is 158 Å². The second kappa shape index (κ2) is 9.12. The van der Waals surface area contributed by atoms with Gasteiger partial charge in [-0.1, -0.05) is 41.9 Å². The van der Waals surface area contributed by atoms with E-state index in [1.807, 2.05) is 6.07 Å². The molecule has 0 aliphatic carbocycles. The van der Waals surface area contributed by atoms with Crippen LogP contribution in [0.2, 0.25) is 5.02 Å². The van der Waals surface area contributed by atoms with E-state index in [9.17, 15) is 9.18 Å². The molecule has 1 fully saturated rings. The summed E-state index contributed by atoms with van der Waals surface area (Å²) in [4.78, 5) is 16.8. The maximum atomic E-state index is 13.1. The predicted molar refractivity (Wildman–Crippen MR) is 103 cm³/mol. The van der Waals surface area contributed by atoms with E-state index >= 15 is 0 Å². The lowest BCUT2D eigenvalue weighted by Gasteiger charge is -2.34. The Morgan fingerprint density at radius 3 is 2.42 bits per heavy atom. The molecule has 0 unspecified atom stereocenters. The van der Waals surface area contributed by atoms with Crippen molar-refractivity contribution in [2.75, 3.05) is 38.0 Å². The summed E-state index contributed by atoms with van der Waals surface area (Å²) in [7, 11) is 0. The first kappa shape index (κ1) is 18.8. The first-order valence-electron chi connectivity index (χ1n) is 8.84. The highest BCUT2D eigenvalue weighted by Gasteiger charge is 2.17. The number of halogens is 2. The Kier molecular flexibility index (Phi) is 6.61. The first-order chi connectivity index (χ1) is 12.6. The second-order valence-electron chi connectivity index (χ2n) is 6.53. The average Bonchev–Trinajstić information content (AvgIpc) is 2.65. The van der Waals surface area contributed by atoms with E-state index in [4.69, 9.17) is 11.6 Å². The number of carbonyl (C=O) groups excluding carboxylic acids is 1. The maximum Gasteiger partial charge on any atom is 0.225 e. The van der Waals surface area contributed by atoms with Gasteiger partial charge in [0.2, 0.25) is 5.91 Å². The minimum Gasteiger partial charge on any atom is -0.326 e. The Balaban J connectivity index is 1.38. The molecule has 0 spiro atoms. The number of hydrogen-bond donors (Lipinski definition) is 1. The van der Waals surface area contributed by atoms with Crippen molar-refractivity contribution in [3.8, 4) is 0 Å². The molecule has 1 amide bonds. The highest BCUT2D eigenvalue weighted by Crippen LogP contribution is 2.19. The maximum absolute atomic E-state index is 13.1. The number of nitrogens with one attached hydrogen (secondary N) is 1. The number of benzene rings is 2. The van der Waals surface area contributed by atoms with E-state index in [0.29, 0.717) is 12.1 Å². The summed E-state index contributed by atoms with van der Waals surface area (Å²) in [6, 6.07) is 14.7. The third-order valence-corrected chi connectivity index (χ3v) is 4.86. The molecule has 3 rings (SSSR count). The summed E-state index contributed by atoms with van der Waals surface area (Å²) in [6.45, 7) is 5.62. The molecule has 1 saturated heterocycles. The molecule has 4 nitrogen and oxygen atoms in total. The Bertz CT molecular complexity index is 733. The van der Waals surface area contributed by atoms with Crippen LogP contribution >= 0.6 is 11.6 Å². The van der Waals surface area contributed by atoms with Crippen LogP contribution in [-0.2, 0) is 11.3 Å². The van der Waals surface area contributed by atoms with Gasteiger partial charge < -0.3 is 10.2 Å². The summed E-state index contributed by atoms with van der Waals surface area (Å²) in [5.41, 5.74) is 1.85. The van der Waals surface area contributed by atoms with Crippen molar-refractivity contribution in [1.29, 1.82) is 0 Å². The predicted octanol–water partition coefficient (Wildman–Crippen LogP) is 3.63. The van der Waals surface area contributed by atoms with Gasteiger partial charge in [0.05, 0.1) is 5.02 Å². The number of hydrogen-bond acceptors (Lipinski definition) is 3. The average molecular weight is 376 g/mol. The van der Waals surface area contributed by atoms with Crippen LogP contribution in [0.15, 0.2) is 48.5 Å². The van der Waals surface area contributed by atoms with Crippen LogP contribution in [0.5, 0.6) is 0 Å². The largest absolute Gasteiger partial charge is 0.326 e. The fourth-order valence-electron chi connectivity index (χ4n) is 3.07. The molecule has 1 heterocycles. The molecule has 0 atom stereocenters. The van der Waals surface area contributed by atoms with Crippen LogP contribution in [0.3, 0.4) is 0 Å². The zero-order chi connectivity index (χ0) is 18.4. The van der Waals surface area contributed by atoms with Crippen molar-refractivity contribution in [3.63, 3.8) is 0 Å². The minimum absolute atomic E-state index is 0.0114. The molecule has 2 aromatic rings. The molecule has 1 N–H and O–H groups in total. The molecule has 1 aliphatic rings. The van der Waals surface area contributed by atoms with Crippen molar-refractivity contribution in [2.24, 2.45) is 0 Å². The van der Waals surface area contributed by atoms with Crippen LogP contribution in [0.1, 0.15) is 12.0 Å². The van der Waals surface area contributed by atoms with Gasteiger partial charge in [-0.25, -0.2) is 4.39 Å². The van der Waals surface area contributed by atoms with E-state index in [1.165, 1.54) is 23.8 Å². The van der Waals surface area contributed by atoms with Crippen molar-refractivity contribution in [1.82, 2.24) is 9.80 Å². The third kappa shape index (κ3) is 5.53. The van der Waals surface area contributed by atoms with Gasteiger partial charge in [-0.2, -0.15) is 0 Å². The van der Waals surface area contributed by atoms with E-state index in [2.05, 4.69) is 39.4 Å². The molecular weight excluding hydrogens is 353 g/mol. The molecular formula is C20H23ClFN3O. The molecule has 1 aliphatic heterocycles. The summed E-state index contributed by atoms with van der Waals surface area (Å²) in [6.07, 6.45) is 0.410. The van der Waals surface area contributed by atoms with Gasteiger partial charge in [-0.05, 0) is 23.8 Å². The highest BCUT2D eigenvalue weighted by molar-refractivity contribution is 6.31. The van der Waals surface area contributed by atoms with E-state index in [1.54, 1.807) is 0 Å². The van der Waals surface area contributed by atoms with E-state index in [-0.39, 0.29) is 10.9 Å². The summed E-state index contributed by atoms with van der Waals surface area (Å²) in [5.74, 6) is -0.572. The molecule has 2 aromatic carbocycles. The van der Waals surface area contributed by atoms with Crippen LogP contribution < -0.4 is 5.32 Å². The zero-order valence-corrected chi connectivity index (χ0v) is 15.4. The number of nitrogens with zero attached hydrogens (tertiary/aromatic N) is 2. The Morgan fingerprint density at radius 2 is 1.73 bits per heavy atom. The number of piperazine rings is 1. The molecule has 138 valence electrons. The number of anilines is 1. The SMILES string of the molecule is O=C(CCN1CCN(Cc2ccccc2)CC1)Nc1ccc(F)c(Cl)c1. The highest BCUT2D eigenvalue weighted by atomic mass is 35.5. The molecule has 0 saturated carbocycles. The lowest BCUT2D eigenvalue weighted by Crippen LogP contribution is -2.46. The van der Waals surface area contributed by atoms with E-state index in [0.717, 1.165) is 39.3 Å². The Hall–Kier alpha value is -1.95. The van der Waals surface area contributed by atoms with Crippen LogP contribution in [0, 0.1) is 5.82 Å². The van der Waals surface area contributed by atoms with Crippen molar-refractivity contribution < 1.29 is 9.18 Å². The second-order valence-corrected chi connectivity index (χ2v) is 6.94. The molecule has 26 heavy (non-hydrogen) atoms. The van der Waals surface area contributed by atoms with E-state index < -0.39 is 5.82 Å². The lowest BCUT2D eigenvalue weighted by atomic mass is 10.2. The van der Waals surface area contributed by atoms with Crippen molar-refractivity contribution >= 4 is 23.2 Å². The van der Waals surface area contributed by atoms with Gasteiger partial charge in [0.1, 0.15) is 5.82 Å². The zero-order valence-electron chi connectivity index (χ0n) is 14.6. The lowest BCUT2D eigenvalue weighted by molar-refractivity contribution is -0.116. The number of amides is 1. The quantitative estimate of drug-likeness (QED) is 0.837. The molecule has 0 aromatic heterocycles. The topological polar surface area (TPSA) is 35.6 Å². The van der Waals surface area contributed by atoms with Crippen LogP contribution in [0.25, 0.3) is 0 Å². The number of rotatable bonds is 6. The monoisotopic (exact) mass is 375 g/mol. The third-order valence-electron chi connectivity index (χ3n) is 4.57. The fourth-order valence-corrected chi connectivity index (χ4v) is 3.25. The fraction of sp³-hybridized carbons (Fsp3) is 0.350. The van der Waals surface area contributed by atoms with Gasteiger partial charge in [0, 0.05) is 51.4 Å². The molecule has 6 heteroatoms. The number of carbonyl (C=O) groups is 1. The smallest absolute Gasteiger partial charge is 0.225 e. The van der Waals surface area contributed by atoms with Gasteiger partial charge in [0.15, 0.2) is 0 Å². The van der Waals surface area contributed by atoms with Gasteiger partial charge in [0.25, 0.3) is 0 Å². The normalized spacial score (nSPS) is 15.8. The van der Waals surface area contributed by atoms with Crippen LogP contribution in [-0.4, -0.2) is 48.4 Å². The molecule has 0 bridgehead atoms.